The molecule has 0 spiro atoms. The van der Waals surface area contributed by atoms with Crippen LogP contribution < -0.4 is 10.6 Å². The molecule has 0 bridgehead atoms. The molecule has 0 aliphatic carbocycles. The quantitative estimate of drug-likeness (QED) is 0.798. The Balaban J connectivity index is 2.17. The van der Waals surface area contributed by atoms with Gasteiger partial charge in [-0.3, -0.25) is 4.57 Å². The highest BCUT2D eigenvalue weighted by Gasteiger charge is 2.08. The Morgan fingerprint density at radius 3 is 3.13 bits per heavy atom. The normalized spacial score (nSPS) is 10.5. The summed E-state index contributed by atoms with van der Waals surface area (Å²) >= 11 is 1.36. The number of nitrogens with two attached hydrogens (primary N) is 1. The van der Waals surface area contributed by atoms with Crippen LogP contribution in [0.3, 0.4) is 0 Å². The minimum Gasteiger partial charge on any atom is -0.349 e. The van der Waals surface area contributed by atoms with Crippen LogP contribution in [0, 0.1) is 0 Å². The molecule has 2 rings (SSSR count). The SMILES string of the molecule is CN(CCN)c1nc(-n2ccnc2)ns1. The number of anilines is 1. The van der Waals surface area contributed by atoms with Gasteiger partial charge in [-0.2, -0.15) is 9.36 Å². The Labute approximate surface area is 91.5 Å². The molecule has 0 unspecified atom stereocenters. The molecule has 80 valence electrons. The highest BCUT2D eigenvalue weighted by atomic mass is 32.1. The molecule has 2 N–H and O–H groups in total. The fourth-order valence-corrected chi connectivity index (χ4v) is 1.79. The Kier molecular flexibility index (Phi) is 2.93. The molecule has 0 aliphatic rings. The highest BCUT2D eigenvalue weighted by molar-refractivity contribution is 7.09. The first-order valence-electron chi connectivity index (χ1n) is 4.54. The summed E-state index contributed by atoms with van der Waals surface area (Å²) in [6.07, 6.45) is 5.19. The van der Waals surface area contributed by atoms with Crippen molar-refractivity contribution in [3.05, 3.63) is 18.7 Å². The van der Waals surface area contributed by atoms with Crippen molar-refractivity contribution in [2.24, 2.45) is 5.73 Å². The molecule has 0 aromatic carbocycles. The van der Waals surface area contributed by atoms with Crippen molar-refractivity contribution in [3.8, 4) is 5.95 Å². The van der Waals surface area contributed by atoms with E-state index < -0.39 is 0 Å². The topological polar surface area (TPSA) is 72.9 Å². The minimum atomic E-state index is 0.608. The highest BCUT2D eigenvalue weighted by Crippen LogP contribution is 2.16. The zero-order valence-electron chi connectivity index (χ0n) is 8.37. The molecule has 0 atom stereocenters. The second-order valence-electron chi connectivity index (χ2n) is 3.06. The lowest BCUT2D eigenvalue weighted by molar-refractivity contribution is 0.871. The van der Waals surface area contributed by atoms with Gasteiger partial charge in [-0.25, -0.2) is 4.98 Å². The summed E-state index contributed by atoms with van der Waals surface area (Å²) in [5, 5.41) is 0.865. The lowest BCUT2D eigenvalue weighted by Crippen LogP contribution is -2.24. The number of imidazole rings is 1. The summed E-state index contributed by atoms with van der Waals surface area (Å²) in [5.74, 6) is 0.649. The van der Waals surface area contributed by atoms with Crippen LogP contribution in [0.1, 0.15) is 0 Å². The van der Waals surface area contributed by atoms with Crippen LogP contribution in [0.4, 0.5) is 5.13 Å². The van der Waals surface area contributed by atoms with E-state index in [0.717, 1.165) is 11.7 Å². The maximum absolute atomic E-state index is 5.47. The first kappa shape index (κ1) is 10.1. The molecule has 0 fully saturated rings. The molecule has 0 aliphatic heterocycles. The number of hydrogen-bond donors (Lipinski definition) is 1. The number of hydrogen-bond acceptors (Lipinski definition) is 6. The van der Waals surface area contributed by atoms with Crippen LogP contribution in [0.5, 0.6) is 0 Å². The monoisotopic (exact) mass is 224 g/mol. The van der Waals surface area contributed by atoms with E-state index in [0.29, 0.717) is 12.5 Å². The number of aromatic nitrogens is 4. The summed E-state index contributed by atoms with van der Waals surface area (Å²) in [6, 6.07) is 0. The van der Waals surface area contributed by atoms with E-state index >= 15 is 0 Å². The predicted octanol–water partition coefficient (Wildman–Crippen LogP) is 0.119. The van der Waals surface area contributed by atoms with E-state index in [4.69, 9.17) is 5.73 Å². The summed E-state index contributed by atoms with van der Waals surface area (Å²) in [4.78, 5) is 10.3. The maximum Gasteiger partial charge on any atom is 0.248 e. The summed E-state index contributed by atoms with van der Waals surface area (Å²) < 4.78 is 6.01. The summed E-state index contributed by atoms with van der Waals surface area (Å²) in [5.41, 5.74) is 5.47. The van der Waals surface area contributed by atoms with Gasteiger partial charge < -0.3 is 10.6 Å². The maximum atomic E-state index is 5.47. The molecule has 7 heteroatoms. The van der Waals surface area contributed by atoms with Gasteiger partial charge >= 0.3 is 0 Å². The molecule has 15 heavy (non-hydrogen) atoms. The average Bonchev–Trinajstić information content (AvgIpc) is 2.89. The molecule has 2 aromatic heterocycles. The molecule has 0 saturated heterocycles. The van der Waals surface area contributed by atoms with Gasteiger partial charge in [-0.1, -0.05) is 0 Å². The number of likely N-dealkylation sites (N-methyl/N-ethyl adjacent to an activating group) is 1. The first-order chi connectivity index (χ1) is 7.31. The van der Waals surface area contributed by atoms with Crippen molar-refractivity contribution >= 4 is 16.7 Å². The van der Waals surface area contributed by atoms with Crippen molar-refractivity contribution in [2.45, 2.75) is 0 Å². The lowest BCUT2D eigenvalue weighted by Gasteiger charge is -2.12. The third kappa shape index (κ3) is 2.13. The molecule has 0 saturated carbocycles. The molecule has 2 heterocycles. The Bertz CT molecular complexity index is 408. The predicted molar refractivity (Wildman–Crippen MR) is 59.4 cm³/mol. The number of rotatable bonds is 4. The molecule has 6 nitrogen and oxygen atoms in total. The fourth-order valence-electron chi connectivity index (χ4n) is 1.13. The van der Waals surface area contributed by atoms with Crippen LogP contribution in [-0.4, -0.2) is 39.0 Å². The van der Waals surface area contributed by atoms with Crippen molar-refractivity contribution < 1.29 is 0 Å². The Morgan fingerprint density at radius 2 is 2.47 bits per heavy atom. The van der Waals surface area contributed by atoms with Gasteiger partial charge in [0.05, 0.1) is 0 Å². The van der Waals surface area contributed by atoms with Gasteiger partial charge in [-0.15, -0.1) is 0 Å². The first-order valence-corrected chi connectivity index (χ1v) is 5.32. The van der Waals surface area contributed by atoms with Crippen LogP contribution in [0.15, 0.2) is 18.7 Å². The largest absolute Gasteiger partial charge is 0.349 e. The molecule has 0 radical (unpaired) electrons. The van der Waals surface area contributed by atoms with Crippen molar-refractivity contribution in [1.29, 1.82) is 0 Å². The van der Waals surface area contributed by atoms with Crippen LogP contribution in [-0.2, 0) is 0 Å². The van der Waals surface area contributed by atoms with Gasteiger partial charge in [0.2, 0.25) is 11.1 Å². The zero-order valence-corrected chi connectivity index (χ0v) is 9.18. The van der Waals surface area contributed by atoms with Gasteiger partial charge in [0.15, 0.2) is 0 Å². The van der Waals surface area contributed by atoms with E-state index in [9.17, 15) is 0 Å². The number of nitrogens with zero attached hydrogens (tertiary/aromatic N) is 5. The zero-order chi connectivity index (χ0) is 10.7. The molecular formula is C8H12N6S. The second-order valence-corrected chi connectivity index (χ2v) is 3.79. The van der Waals surface area contributed by atoms with Gasteiger partial charge in [0.1, 0.15) is 6.33 Å². The molecule has 2 aromatic rings. The lowest BCUT2D eigenvalue weighted by atomic mass is 10.6. The van der Waals surface area contributed by atoms with Gasteiger partial charge in [0, 0.05) is 44.1 Å². The molecule has 0 amide bonds. The smallest absolute Gasteiger partial charge is 0.248 e. The Hall–Kier alpha value is -1.47. The van der Waals surface area contributed by atoms with Crippen LogP contribution in [0.2, 0.25) is 0 Å². The molecular weight excluding hydrogens is 212 g/mol. The fraction of sp³-hybridized carbons (Fsp3) is 0.375. The van der Waals surface area contributed by atoms with Crippen molar-refractivity contribution in [2.75, 3.05) is 25.0 Å². The van der Waals surface area contributed by atoms with Crippen LogP contribution >= 0.6 is 11.5 Å². The second kappa shape index (κ2) is 4.37. The third-order valence-electron chi connectivity index (χ3n) is 1.93. The van der Waals surface area contributed by atoms with Crippen molar-refractivity contribution in [1.82, 2.24) is 18.9 Å². The third-order valence-corrected chi connectivity index (χ3v) is 2.75. The van der Waals surface area contributed by atoms with Crippen LogP contribution in [0.25, 0.3) is 5.95 Å². The van der Waals surface area contributed by atoms with E-state index in [2.05, 4.69) is 14.3 Å². The van der Waals surface area contributed by atoms with Gasteiger partial charge in [-0.05, 0) is 0 Å². The van der Waals surface area contributed by atoms with E-state index in [1.54, 1.807) is 17.1 Å². The van der Waals surface area contributed by atoms with E-state index in [-0.39, 0.29) is 0 Å². The average molecular weight is 224 g/mol. The van der Waals surface area contributed by atoms with E-state index in [1.165, 1.54) is 11.5 Å². The minimum absolute atomic E-state index is 0.608. The summed E-state index contributed by atoms with van der Waals surface area (Å²) in [7, 11) is 1.95. The Morgan fingerprint density at radius 1 is 1.60 bits per heavy atom. The standard InChI is InChI=1S/C8H12N6S/c1-13(4-2-9)8-11-7(12-15-8)14-5-3-10-6-14/h3,5-6H,2,4,9H2,1H3. The summed E-state index contributed by atoms with van der Waals surface area (Å²) in [6.45, 7) is 1.38. The van der Waals surface area contributed by atoms with Crippen molar-refractivity contribution in [3.63, 3.8) is 0 Å². The van der Waals surface area contributed by atoms with Gasteiger partial charge in [0.25, 0.3) is 0 Å². The van der Waals surface area contributed by atoms with E-state index in [1.807, 2.05) is 18.1 Å².